The zero-order valence-corrected chi connectivity index (χ0v) is 11.9. The van der Waals surface area contributed by atoms with Gasteiger partial charge in [-0.3, -0.25) is 4.79 Å². The number of anilines is 3. The number of rotatable bonds is 1. The smallest absolute Gasteiger partial charge is 0.253 e. The van der Waals surface area contributed by atoms with Crippen LogP contribution in [0.15, 0.2) is 24.3 Å². The largest absolute Gasteiger partial charge is 0.382 e. The van der Waals surface area contributed by atoms with Crippen LogP contribution in [0.5, 0.6) is 0 Å². The number of carbonyl (C=O) groups is 1. The van der Waals surface area contributed by atoms with Crippen molar-refractivity contribution >= 4 is 23.2 Å². The molecule has 6 nitrogen and oxygen atoms in total. The highest BCUT2D eigenvalue weighted by Gasteiger charge is 2.25. The third-order valence-corrected chi connectivity index (χ3v) is 4.28. The summed E-state index contributed by atoms with van der Waals surface area (Å²) in [7, 11) is 1.85. The van der Waals surface area contributed by atoms with E-state index in [1.807, 2.05) is 29.9 Å². The van der Waals surface area contributed by atoms with E-state index in [-0.39, 0.29) is 5.91 Å². The zero-order chi connectivity index (χ0) is 14.6. The van der Waals surface area contributed by atoms with E-state index < -0.39 is 0 Å². The molecule has 1 aromatic carbocycles. The molecular weight excluding hydrogens is 266 g/mol. The maximum Gasteiger partial charge on any atom is 0.253 e. The average Bonchev–Trinajstić information content (AvgIpc) is 3.01. The molecule has 0 unspecified atom stereocenters. The van der Waals surface area contributed by atoms with Gasteiger partial charge in [-0.25, -0.2) is 4.68 Å². The summed E-state index contributed by atoms with van der Waals surface area (Å²) in [5.74, 6) is 1.68. The number of nitrogens with zero attached hydrogens (tertiary/aromatic N) is 4. The molecule has 6 heteroatoms. The quantitative estimate of drug-likeness (QED) is 0.855. The Morgan fingerprint density at radius 2 is 2.05 bits per heavy atom. The lowest BCUT2D eigenvalue weighted by molar-refractivity contribution is 0.0781. The van der Waals surface area contributed by atoms with Gasteiger partial charge in [-0.2, -0.15) is 5.10 Å². The first kappa shape index (κ1) is 12.3. The molecule has 2 N–H and O–H groups in total. The Morgan fingerprint density at radius 1 is 1.19 bits per heavy atom. The highest BCUT2D eigenvalue weighted by atomic mass is 16.2. The SMILES string of the molecule is CN1CCc2cc(N3CCn4nc(N)cc43)ccc2C1=O. The molecule has 1 aromatic heterocycles. The molecule has 21 heavy (non-hydrogen) atoms. The Morgan fingerprint density at radius 3 is 2.90 bits per heavy atom. The van der Waals surface area contributed by atoms with Crippen molar-refractivity contribution in [1.29, 1.82) is 0 Å². The lowest BCUT2D eigenvalue weighted by Gasteiger charge is -2.26. The van der Waals surface area contributed by atoms with Crippen LogP contribution in [0, 0.1) is 0 Å². The predicted octanol–water partition coefficient (Wildman–Crippen LogP) is 1.25. The van der Waals surface area contributed by atoms with Crippen molar-refractivity contribution in [3.63, 3.8) is 0 Å². The number of aromatic nitrogens is 2. The molecule has 0 saturated heterocycles. The van der Waals surface area contributed by atoms with Crippen molar-refractivity contribution in [2.45, 2.75) is 13.0 Å². The number of hydrogen-bond donors (Lipinski definition) is 1. The first-order valence-corrected chi connectivity index (χ1v) is 7.13. The number of likely N-dealkylation sites (N-methyl/N-ethyl adjacent to an activating group) is 1. The summed E-state index contributed by atoms with van der Waals surface area (Å²) in [6.45, 7) is 2.50. The Labute approximate surface area is 122 Å². The van der Waals surface area contributed by atoms with E-state index in [4.69, 9.17) is 5.73 Å². The van der Waals surface area contributed by atoms with Crippen LogP contribution in [0.25, 0.3) is 0 Å². The van der Waals surface area contributed by atoms with Gasteiger partial charge in [0.2, 0.25) is 0 Å². The van der Waals surface area contributed by atoms with Gasteiger partial charge in [-0.1, -0.05) is 0 Å². The van der Waals surface area contributed by atoms with Gasteiger partial charge in [-0.15, -0.1) is 0 Å². The van der Waals surface area contributed by atoms with Gasteiger partial charge < -0.3 is 15.5 Å². The average molecular weight is 283 g/mol. The molecule has 2 aliphatic heterocycles. The first-order chi connectivity index (χ1) is 10.1. The van der Waals surface area contributed by atoms with Crippen molar-refractivity contribution < 1.29 is 4.79 Å². The van der Waals surface area contributed by atoms with Crippen molar-refractivity contribution in [3.8, 4) is 0 Å². The molecule has 0 radical (unpaired) electrons. The summed E-state index contributed by atoms with van der Waals surface area (Å²) in [4.78, 5) is 16.1. The minimum atomic E-state index is 0.110. The van der Waals surface area contributed by atoms with Crippen LogP contribution < -0.4 is 10.6 Å². The predicted molar refractivity (Wildman–Crippen MR) is 80.8 cm³/mol. The fraction of sp³-hybridized carbons (Fsp3) is 0.333. The third kappa shape index (κ3) is 1.79. The van der Waals surface area contributed by atoms with Gasteiger partial charge >= 0.3 is 0 Å². The summed E-state index contributed by atoms with van der Waals surface area (Å²) >= 11 is 0. The zero-order valence-electron chi connectivity index (χ0n) is 11.9. The van der Waals surface area contributed by atoms with Gasteiger partial charge in [0.25, 0.3) is 5.91 Å². The van der Waals surface area contributed by atoms with E-state index in [0.717, 1.165) is 48.7 Å². The molecule has 2 aromatic rings. The second-order valence-corrected chi connectivity index (χ2v) is 5.62. The normalized spacial score (nSPS) is 17.1. The van der Waals surface area contributed by atoms with Gasteiger partial charge in [0.15, 0.2) is 0 Å². The standard InChI is InChI=1S/C15H17N5O/c1-18-5-4-10-8-11(2-3-12(10)15(18)21)19-6-7-20-14(19)9-13(16)17-20/h2-3,8-9H,4-7H2,1H3,(H2,16,17). The minimum absolute atomic E-state index is 0.110. The molecule has 0 aliphatic carbocycles. The number of amides is 1. The molecule has 3 heterocycles. The second-order valence-electron chi connectivity index (χ2n) is 5.62. The Balaban J connectivity index is 1.73. The van der Waals surface area contributed by atoms with E-state index in [2.05, 4.69) is 16.1 Å². The Bertz CT molecular complexity index is 736. The van der Waals surface area contributed by atoms with Crippen LogP contribution in [0.2, 0.25) is 0 Å². The van der Waals surface area contributed by atoms with Gasteiger partial charge in [-0.05, 0) is 30.2 Å². The van der Waals surface area contributed by atoms with E-state index in [1.165, 1.54) is 0 Å². The summed E-state index contributed by atoms with van der Waals surface area (Å²) in [6.07, 6.45) is 0.903. The van der Waals surface area contributed by atoms with Gasteiger partial charge in [0.1, 0.15) is 11.6 Å². The minimum Gasteiger partial charge on any atom is -0.382 e. The van der Waals surface area contributed by atoms with E-state index in [0.29, 0.717) is 5.82 Å². The molecule has 0 atom stereocenters. The van der Waals surface area contributed by atoms with Crippen LogP contribution in [0.4, 0.5) is 17.3 Å². The monoisotopic (exact) mass is 283 g/mol. The number of benzene rings is 1. The van der Waals surface area contributed by atoms with Crippen molar-refractivity contribution in [2.75, 3.05) is 30.8 Å². The molecule has 1 amide bonds. The first-order valence-electron chi connectivity index (χ1n) is 7.13. The lowest BCUT2D eigenvalue weighted by atomic mass is 9.98. The summed E-state index contributed by atoms with van der Waals surface area (Å²) < 4.78 is 1.92. The summed E-state index contributed by atoms with van der Waals surface area (Å²) in [6, 6.07) is 7.96. The Hall–Kier alpha value is -2.50. The van der Waals surface area contributed by atoms with Crippen LogP contribution >= 0.6 is 0 Å². The number of hydrogen-bond acceptors (Lipinski definition) is 4. The third-order valence-electron chi connectivity index (χ3n) is 4.28. The van der Waals surface area contributed by atoms with E-state index in [1.54, 1.807) is 4.90 Å². The molecule has 4 rings (SSSR count). The lowest BCUT2D eigenvalue weighted by Crippen LogP contribution is -2.34. The number of nitrogen functional groups attached to an aromatic ring is 1. The van der Waals surface area contributed by atoms with Gasteiger partial charge in [0, 0.05) is 37.5 Å². The van der Waals surface area contributed by atoms with E-state index in [9.17, 15) is 4.79 Å². The van der Waals surface area contributed by atoms with Crippen molar-refractivity contribution in [3.05, 3.63) is 35.4 Å². The molecule has 0 bridgehead atoms. The van der Waals surface area contributed by atoms with Gasteiger partial charge in [0.05, 0.1) is 6.54 Å². The topological polar surface area (TPSA) is 67.4 Å². The molecule has 0 spiro atoms. The van der Waals surface area contributed by atoms with Crippen molar-refractivity contribution in [2.24, 2.45) is 0 Å². The summed E-state index contributed by atoms with van der Waals surface area (Å²) in [5, 5.41) is 4.27. The summed E-state index contributed by atoms with van der Waals surface area (Å²) in [5.41, 5.74) is 8.81. The maximum absolute atomic E-state index is 12.1. The molecule has 0 fully saturated rings. The molecule has 2 aliphatic rings. The van der Waals surface area contributed by atoms with E-state index >= 15 is 0 Å². The van der Waals surface area contributed by atoms with Crippen molar-refractivity contribution in [1.82, 2.24) is 14.7 Å². The van der Waals surface area contributed by atoms with Crippen LogP contribution in [-0.4, -0.2) is 40.7 Å². The number of fused-ring (bicyclic) bond motifs is 2. The Kier molecular flexibility index (Phi) is 2.48. The van der Waals surface area contributed by atoms with Crippen LogP contribution in [0.1, 0.15) is 15.9 Å². The maximum atomic E-state index is 12.1. The highest BCUT2D eigenvalue weighted by Crippen LogP contribution is 2.33. The number of nitrogens with two attached hydrogens (primary N) is 1. The molecule has 0 saturated carbocycles. The second kappa shape index (κ2) is 4.25. The fourth-order valence-corrected chi connectivity index (χ4v) is 3.14. The molecule has 108 valence electrons. The highest BCUT2D eigenvalue weighted by molar-refractivity contribution is 5.97. The number of carbonyl (C=O) groups excluding carboxylic acids is 1. The molecular formula is C15H17N5O. The van der Waals surface area contributed by atoms with Crippen LogP contribution in [0.3, 0.4) is 0 Å². The fourth-order valence-electron chi connectivity index (χ4n) is 3.14. The van der Waals surface area contributed by atoms with Crippen LogP contribution in [-0.2, 0) is 13.0 Å².